The highest BCUT2D eigenvalue weighted by molar-refractivity contribution is 5.95. The van der Waals surface area contributed by atoms with E-state index in [-0.39, 0.29) is 18.4 Å². The summed E-state index contributed by atoms with van der Waals surface area (Å²) in [7, 11) is 3.18. The molecular formula is C17H25N3O4. The summed E-state index contributed by atoms with van der Waals surface area (Å²) in [4.78, 5) is 23.9. The Bertz CT molecular complexity index is 548. The summed E-state index contributed by atoms with van der Waals surface area (Å²) < 4.78 is 10.6. The molecule has 7 nitrogen and oxygen atoms in total. The molecule has 0 saturated carbocycles. The third kappa shape index (κ3) is 4.69. The van der Waals surface area contributed by atoms with Crippen LogP contribution in [0, 0.1) is 5.41 Å². The molecule has 0 spiro atoms. The van der Waals surface area contributed by atoms with E-state index in [0.717, 1.165) is 25.9 Å². The fraction of sp³-hybridized carbons (Fsp3) is 0.529. The second-order valence-corrected chi connectivity index (χ2v) is 5.90. The fourth-order valence-corrected chi connectivity index (χ4v) is 2.74. The van der Waals surface area contributed by atoms with Gasteiger partial charge in [0, 0.05) is 19.8 Å². The van der Waals surface area contributed by atoms with Crippen molar-refractivity contribution in [3.05, 3.63) is 24.3 Å². The summed E-state index contributed by atoms with van der Waals surface area (Å²) in [5.41, 5.74) is 0.204. The Morgan fingerprint density at radius 3 is 2.46 bits per heavy atom. The predicted molar refractivity (Wildman–Crippen MR) is 91.0 cm³/mol. The Kier molecular flexibility index (Phi) is 6.57. The van der Waals surface area contributed by atoms with Gasteiger partial charge in [0.15, 0.2) is 6.61 Å². The van der Waals surface area contributed by atoms with E-state index in [1.54, 1.807) is 38.4 Å². The summed E-state index contributed by atoms with van der Waals surface area (Å²) in [5.74, 6) is 0.356. The van der Waals surface area contributed by atoms with Gasteiger partial charge in [-0.1, -0.05) is 0 Å². The van der Waals surface area contributed by atoms with Gasteiger partial charge in [-0.25, -0.2) is 0 Å². The van der Waals surface area contributed by atoms with Crippen LogP contribution in [0.2, 0.25) is 0 Å². The minimum absolute atomic E-state index is 0.0233. The maximum atomic E-state index is 12.7. The summed E-state index contributed by atoms with van der Waals surface area (Å²) in [6.45, 7) is 1.99. The lowest BCUT2D eigenvalue weighted by Crippen LogP contribution is -2.47. The number of ether oxygens (including phenoxy) is 2. The second kappa shape index (κ2) is 8.65. The summed E-state index contributed by atoms with van der Waals surface area (Å²) in [6, 6.07) is 6.98. The van der Waals surface area contributed by atoms with Crippen molar-refractivity contribution in [2.24, 2.45) is 5.41 Å². The van der Waals surface area contributed by atoms with E-state index in [2.05, 4.69) is 16.0 Å². The molecule has 1 aliphatic heterocycles. The molecule has 0 aromatic heterocycles. The van der Waals surface area contributed by atoms with E-state index in [1.807, 2.05) is 0 Å². The third-order valence-corrected chi connectivity index (χ3v) is 4.22. The Balaban J connectivity index is 1.96. The molecule has 2 rings (SSSR count). The number of hydrogen-bond acceptors (Lipinski definition) is 5. The van der Waals surface area contributed by atoms with E-state index >= 15 is 0 Å². The van der Waals surface area contributed by atoms with Crippen LogP contribution in [0.1, 0.15) is 12.8 Å². The Hall–Kier alpha value is -2.12. The van der Waals surface area contributed by atoms with Crippen molar-refractivity contribution >= 4 is 17.5 Å². The number of hydrogen-bond donors (Lipinski definition) is 3. The second-order valence-electron chi connectivity index (χ2n) is 5.90. The van der Waals surface area contributed by atoms with Crippen molar-refractivity contribution in [2.45, 2.75) is 12.8 Å². The Morgan fingerprint density at radius 2 is 1.88 bits per heavy atom. The highest BCUT2D eigenvalue weighted by Gasteiger charge is 2.39. The van der Waals surface area contributed by atoms with E-state index in [1.165, 1.54) is 0 Å². The maximum absolute atomic E-state index is 12.7. The molecule has 1 heterocycles. The molecule has 0 radical (unpaired) electrons. The van der Waals surface area contributed by atoms with E-state index in [9.17, 15) is 9.59 Å². The normalized spacial score (nSPS) is 16.2. The molecule has 132 valence electrons. The first-order valence-electron chi connectivity index (χ1n) is 8.04. The molecule has 0 atom stereocenters. The van der Waals surface area contributed by atoms with Crippen LogP contribution in [0.5, 0.6) is 5.75 Å². The molecule has 1 aliphatic rings. The molecule has 2 amide bonds. The molecule has 7 heteroatoms. The van der Waals surface area contributed by atoms with Crippen LogP contribution in [0.25, 0.3) is 0 Å². The zero-order valence-electron chi connectivity index (χ0n) is 14.2. The molecule has 1 fully saturated rings. The number of carbonyl (C=O) groups is 2. The zero-order valence-corrected chi connectivity index (χ0v) is 14.2. The average Bonchev–Trinajstić information content (AvgIpc) is 2.61. The smallest absolute Gasteiger partial charge is 0.257 e. The topological polar surface area (TPSA) is 88.7 Å². The van der Waals surface area contributed by atoms with Gasteiger partial charge in [-0.2, -0.15) is 0 Å². The molecule has 3 N–H and O–H groups in total. The van der Waals surface area contributed by atoms with Gasteiger partial charge in [0.25, 0.3) is 5.91 Å². The van der Waals surface area contributed by atoms with Crippen molar-refractivity contribution < 1.29 is 19.1 Å². The standard InChI is InChI=1S/C17H25N3O4/c1-18-15(21)11-24-14-5-3-13(4-6-14)20-16(22)17(12-23-2)7-9-19-10-8-17/h3-6,19H,7-12H2,1-2H3,(H,18,21)(H,20,22). The van der Waals surface area contributed by atoms with Crippen molar-refractivity contribution in [2.75, 3.05) is 45.8 Å². The van der Waals surface area contributed by atoms with Gasteiger partial charge >= 0.3 is 0 Å². The quantitative estimate of drug-likeness (QED) is 0.685. The van der Waals surface area contributed by atoms with Gasteiger partial charge in [0.1, 0.15) is 5.75 Å². The van der Waals surface area contributed by atoms with Crippen LogP contribution in [-0.4, -0.2) is 52.3 Å². The van der Waals surface area contributed by atoms with E-state index in [0.29, 0.717) is 18.0 Å². The fourth-order valence-electron chi connectivity index (χ4n) is 2.74. The minimum atomic E-state index is -0.492. The van der Waals surface area contributed by atoms with E-state index < -0.39 is 5.41 Å². The van der Waals surface area contributed by atoms with Gasteiger partial charge < -0.3 is 25.4 Å². The summed E-state index contributed by atoms with van der Waals surface area (Å²) in [6.07, 6.45) is 1.50. The first-order chi connectivity index (χ1) is 11.6. The number of likely N-dealkylation sites (N-methyl/N-ethyl adjacent to an activating group) is 1. The molecule has 0 aliphatic carbocycles. The monoisotopic (exact) mass is 335 g/mol. The van der Waals surface area contributed by atoms with Crippen LogP contribution in [0.4, 0.5) is 5.69 Å². The minimum Gasteiger partial charge on any atom is -0.484 e. The van der Waals surface area contributed by atoms with Crippen molar-refractivity contribution in [3.8, 4) is 5.75 Å². The lowest BCUT2D eigenvalue weighted by atomic mass is 9.78. The van der Waals surface area contributed by atoms with Gasteiger partial charge in [-0.05, 0) is 50.2 Å². The number of benzene rings is 1. The highest BCUT2D eigenvalue weighted by Crippen LogP contribution is 2.31. The van der Waals surface area contributed by atoms with Crippen molar-refractivity contribution in [1.29, 1.82) is 0 Å². The molecule has 1 saturated heterocycles. The first kappa shape index (κ1) is 18.2. The highest BCUT2D eigenvalue weighted by atomic mass is 16.5. The number of anilines is 1. The van der Waals surface area contributed by atoms with Gasteiger partial charge in [-0.15, -0.1) is 0 Å². The van der Waals surface area contributed by atoms with E-state index in [4.69, 9.17) is 9.47 Å². The van der Waals surface area contributed by atoms with Crippen LogP contribution < -0.4 is 20.7 Å². The summed E-state index contributed by atoms with van der Waals surface area (Å²) in [5, 5.41) is 8.71. The lowest BCUT2D eigenvalue weighted by Gasteiger charge is -2.35. The predicted octanol–water partition coefficient (Wildman–Crippen LogP) is 0.766. The van der Waals surface area contributed by atoms with Crippen molar-refractivity contribution in [1.82, 2.24) is 10.6 Å². The van der Waals surface area contributed by atoms with Crippen LogP contribution >= 0.6 is 0 Å². The molecule has 1 aromatic rings. The number of nitrogens with one attached hydrogen (secondary N) is 3. The number of rotatable bonds is 7. The third-order valence-electron chi connectivity index (χ3n) is 4.22. The number of methoxy groups -OCH3 is 1. The van der Waals surface area contributed by atoms with Crippen LogP contribution in [-0.2, 0) is 14.3 Å². The SMILES string of the molecule is CNC(=O)COc1ccc(NC(=O)C2(COC)CCNCC2)cc1. The number of piperidine rings is 1. The van der Waals surface area contributed by atoms with Gasteiger partial charge in [0.2, 0.25) is 5.91 Å². The molecule has 0 unspecified atom stereocenters. The first-order valence-corrected chi connectivity index (χ1v) is 8.04. The van der Waals surface area contributed by atoms with Crippen molar-refractivity contribution in [3.63, 3.8) is 0 Å². The van der Waals surface area contributed by atoms with Crippen LogP contribution in [0.15, 0.2) is 24.3 Å². The summed E-state index contributed by atoms with van der Waals surface area (Å²) >= 11 is 0. The Morgan fingerprint density at radius 1 is 1.21 bits per heavy atom. The number of carbonyl (C=O) groups excluding carboxylic acids is 2. The van der Waals surface area contributed by atoms with Gasteiger partial charge in [0.05, 0.1) is 12.0 Å². The molecule has 24 heavy (non-hydrogen) atoms. The largest absolute Gasteiger partial charge is 0.484 e. The molecule has 1 aromatic carbocycles. The van der Waals surface area contributed by atoms with Crippen LogP contribution in [0.3, 0.4) is 0 Å². The molecular weight excluding hydrogens is 310 g/mol. The Labute approximate surface area is 142 Å². The number of amides is 2. The maximum Gasteiger partial charge on any atom is 0.257 e. The lowest BCUT2D eigenvalue weighted by molar-refractivity contribution is -0.130. The molecule has 0 bridgehead atoms. The van der Waals surface area contributed by atoms with Gasteiger partial charge in [-0.3, -0.25) is 9.59 Å². The average molecular weight is 335 g/mol. The zero-order chi connectivity index (χ0) is 17.4.